The molecule has 2 rings (SSSR count). The van der Waals surface area contributed by atoms with E-state index in [4.69, 9.17) is 0 Å². The van der Waals surface area contributed by atoms with Gasteiger partial charge in [0.05, 0.1) is 13.7 Å². The van der Waals surface area contributed by atoms with E-state index in [-0.39, 0.29) is 5.97 Å². The molecule has 5 nitrogen and oxygen atoms in total. The molecule has 6 heteroatoms. The molecule has 0 bridgehead atoms. The van der Waals surface area contributed by atoms with Crippen molar-refractivity contribution >= 4 is 22.4 Å². The lowest BCUT2D eigenvalue weighted by molar-refractivity contribution is 0.0594. The van der Waals surface area contributed by atoms with Gasteiger partial charge in [-0.15, -0.1) is 11.3 Å². The highest BCUT2D eigenvalue weighted by Crippen LogP contribution is 2.12. The molecular formula is C10H11N3O2S. The van der Waals surface area contributed by atoms with E-state index < -0.39 is 0 Å². The molecule has 0 aliphatic rings. The third-order valence-electron chi connectivity index (χ3n) is 2.01. The predicted octanol–water partition coefficient (Wildman–Crippen LogP) is 1.87. The monoisotopic (exact) mass is 237 g/mol. The SMILES string of the molecule is COC(=O)c1ccc(CNc2nccs2)[nH]1. The second-order valence-corrected chi connectivity index (χ2v) is 3.97. The molecule has 0 unspecified atom stereocenters. The third-order valence-corrected chi connectivity index (χ3v) is 2.74. The molecule has 0 spiro atoms. The van der Waals surface area contributed by atoms with Crippen molar-refractivity contribution < 1.29 is 9.53 Å². The molecule has 0 saturated heterocycles. The summed E-state index contributed by atoms with van der Waals surface area (Å²) in [5.74, 6) is -0.361. The molecule has 2 aromatic rings. The summed E-state index contributed by atoms with van der Waals surface area (Å²) in [7, 11) is 1.36. The fourth-order valence-electron chi connectivity index (χ4n) is 1.25. The van der Waals surface area contributed by atoms with Gasteiger partial charge in [-0.05, 0) is 12.1 Å². The van der Waals surface area contributed by atoms with Crippen LogP contribution in [0.25, 0.3) is 0 Å². The fourth-order valence-corrected chi connectivity index (χ4v) is 1.78. The average molecular weight is 237 g/mol. The Morgan fingerprint density at radius 1 is 1.62 bits per heavy atom. The molecule has 0 saturated carbocycles. The lowest BCUT2D eigenvalue weighted by Gasteiger charge is -1.99. The minimum absolute atomic E-state index is 0.361. The van der Waals surface area contributed by atoms with Gasteiger partial charge in [-0.25, -0.2) is 9.78 Å². The number of hydrogen-bond donors (Lipinski definition) is 2. The summed E-state index contributed by atoms with van der Waals surface area (Å²) >= 11 is 1.53. The van der Waals surface area contributed by atoms with E-state index >= 15 is 0 Å². The Labute approximate surface area is 96.5 Å². The molecule has 16 heavy (non-hydrogen) atoms. The number of aromatic nitrogens is 2. The zero-order valence-corrected chi connectivity index (χ0v) is 9.50. The lowest BCUT2D eigenvalue weighted by Crippen LogP contribution is -2.03. The van der Waals surface area contributed by atoms with Crippen molar-refractivity contribution in [2.75, 3.05) is 12.4 Å². The number of esters is 1. The first-order chi connectivity index (χ1) is 7.79. The van der Waals surface area contributed by atoms with Crippen molar-refractivity contribution in [3.05, 3.63) is 35.1 Å². The number of nitrogens with zero attached hydrogens (tertiary/aromatic N) is 1. The first-order valence-electron chi connectivity index (χ1n) is 4.69. The second-order valence-electron chi connectivity index (χ2n) is 3.08. The summed E-state index contributed by atoms with van der Waals surface area (Å²) in [4.78, 5) is 18.2. The highest BCUT2D eigenvalue weighted by Gasteiger charge is 2.07. The first-order valence-corrected chi connectivity index (χ1v) is 5.57. The molecular weight excluding hydrogens is 226 g/mol. The zero-order chi connectivity index (χ0) is 11.4. The Balaban J connectivity index is 1.95. The van der Waals surface area contributed by atoms with Crippen LogP contribution in [0.2, 0.25) is 0 Å². The maximum absolute atomic E-state index is 11.2. The molecule has 0 atom stereocenters. The predicted molar refractivity (Wildman–Crippen MR) is 61.6 cm³/mol. The number of methoxy groups -OCH3 is 1. The van der Waals surface area contributed by atoms with Gasteiger partial charge in [0.25, 0.3) is 0 Å². The second kappa shape index (κ2) is 4.80. The van der Waals surface area contributed by atoms with Gasteiger partial charge in [0.2, 0.25) is 0 Å². The van der Waals surface area contributed by atoms with Gasteiger partial charge < -0.3 is 15.0 Å². The molecule has 2 N–H and O–H groups in total. The van der Waals surface area contributed by atoms with E-state index in [1.807, 2.05) is 11.4 Å². The zero-order valence-electron chi connectivity index (χ0n) is 8.69. The number of aromatic amines is 1. The van der Waals surface area contributed by atoms with Crippen molar-refractivity contribution in [2.45, 2.75) is 6.54 Å². The van der Waals surface area contributed by atoms with Gasteiger partial charge >= 0.3 is 5.97 Å². The summed E-state index contributed by atoms with van der Waals surface area (Å²) in [5.41, 5.74) is 1.37. The Hall–Kier alpha value is -1.82. The van der Waals surface area contributed by atoms with Gasteiger partial charge in [0, 0.05) is 17.3 Å². The van der Waals surface area contributed by atoms with Crippen LogP contribution in [0.1, 0.15) is 16.2 Å². The average Bonchev–Trinajstić information content (AvgIpc) is 2.96. The maximum atomic E-state index is 11.2. The van der Waals surface area contributed by atoms with Crippen LogP contribution in [0.4, 0.5) is 5.13 Å². The van der Waals surface area contributed by atoms with Crippen LogP contribution >= 0.6 is 11.3 Å². The normalized spacial score (nSPS) is 10.1. The maximum Gasteiger partial charge on any atom is 0.354 e. The van der Waals surface area contributed by atoms with E-state index in [9.17, 15) is 4.79 Å². The number of anilines is 1. The molecule has 0 aliphatic heterocycles. The van der Waals surface area contributed by atoms with Crippen LogP contribution in [0.5, 0.6) is 0 Å². The molecule has 84 valence electrons. The van der Waals surface area contributed by atoms with Crippen LogP contribution < -0.4 is 5.32 Å². The van der Waals surface area contributed by atoms with E-state index in [0.29, 0.717) is 12.2 Å². The minimum atomic E-state index is -0.361. The molecule has 2 heterocycles. The summed E-state index contributed by atoms with van der Waals surface area (Å²) in [6.07, 6.45) is 1.74. The molecule has 0 aliphatic carbocycles. The Morgan fingerprint density at radius 2 is 2.50 bits per heavy atom. The van der Waals surface area contributed by atoms with Crippen molar-refractivity contribution in [2.24, 2.45) is 0 Å². The van der Waals surface area contributed by atoms with Crippen LogP contribution in [-0.2, 0) is 11.3 Å². The number of carbonyl (C=O) groups is 1. The molecule has 0 radical (unpaired) electrons. The van der Waals surface area contributed by atoms with E-state index in [1.165, 1.54) is 18.4 Å². The van der Waals surface area contributed by atoms with Gasteiger partial charge in [0.15, 0.2) is 5.13 Å². The topological polar surface area (TPSA) is 67.0 Å². The standard InChI is InChI=1S/C10H11N3O2S/c1-15-9(14)8-3-2-7(13-8)6-12-10-11-4-5-16-10/h2-5,13H,6H2,1H3,(H,11,12). The van der Waals surface area contributed by atoms with Gasteiger partial charge in [-0.2, -0.15) is 0 Å². The lowest BCUT2D eigenvalue weighted by atomic mass is 10.4. The van der Waals surface area contributed by atoms with Crippen LogP contribution in [0, 0.1) is 0 Å². The summed E-state index contributed by atoms with van der Waals surface area (Å²) < 4.78 is 4.60. The highest BCUT2D eigenvalue weighted by atomic mass is 32.1. The summed E-state index contributed by atoms with van der Waals surface area (Å²) in [6, 6.07) is 3.54. The number of hydrogen-bond acceptors (Lipinski definition) is 5. The van der Waals surface area contributed by atoms with Crippen LogP contribution in [-0.4, -0.2) is 23.0 Å². The fraction of sp³-hybridized carbons (Fsp3) is 0.200. The van der Waals surface area contributed by atoms with Gasteiger partial charge in [-0.3, -0.25) is 0 Å². The molecule has 0 amide bonds. The number of H-pyrrole nitrogens is 1. The van der Waals surface area contributed by atoms with Crippen molar-refractivity contribution in [3.8, 4) is 0 Å². The molecule has 0 aromatic carbocycles. The smallest absolute Gasteiger partial charge is 0.354 e. The van der Waals surface area contributed by atoms with Gasteiger partial charge in [0.1, 0.15) is 5.69 Å². The first kappa shape index (κ1) is 10.7. The Kier molecular flexibility index (Phi) is 3.21. The highest BCUT2D eigenvalue weighted by molar-refractivity contribution is 7.13. The van der Waals surface area contributed by atoms with Crippen molar-refractivity contribution in [1.29, 1.82) is 0 Å². The Morgan fingerprint density at radius 3 is 3.19 bits per heavy atom. The van der Waals surface area contributed by atoms with Gasteiger partial charge in [-0.1, -0.05) is 0 Å². The summed E-state index contributed by atoms with van der Waals surface area (Å²) in [5, 5.41) is 5.89. The molecule has 0 fully saturated rings. The Bertz CT molecular complexity index is 464. The van der Waals surface area contributed by atoms with E-state index in [1.54, 1.807) is 12.3 Å². The quantitative estimate of drug-likeness (QED) is 0.797. The van der Waals surface area contributed by atoms with E-state index in [2.05, 4.69) is 20.0 Å². The molecule has 2 aromatic heterocycles. The summed E-state index contributed by atoms with van der Waals surface area (Å²) in [6.45, 7) is 0.602. The number of thiazole rings is 1. The van der Waals surface area contributed by atoms with Crippen LogP contribution in [0.3, 0.4) is 0 Å². The van der Waals surface area contributed by atoms with Crippen molar-refractivity contribution in [3.63, 3.8) is 0 Å². The number of carbonyl (C=O) groups excluding carboxylic acids is 1. The number of ether oxygens (including phenoxy) is 1. The third kappa shape index (κ3) is 2.40. The largest absolute Gasteiger partial charge is 0.464 e. The van der Waals surface area contributed by atoms with Crippen molar-refractivity contribution in [1.82, 2.24) is 9.97 Å². The number of rotatable bonds is 4. The minimum Gasteiger partial charge on any atom is -0.464 e. The van der Waals surface area contributed by atoms with Crippen LogP contribution in [0.15, 0.2) is 23.7 Å². The number of nitrogens with one attached hydrogen (secondary N) is 2. The van der Waals surface area contributed by atoms with E-state index in [0.717, 1.165) is 10.8 Å².